The van der Waals surface area contributed by atoms with Gasteiger partial charge in [-0.15, -0.1) is 0 Å². The molecule has 0 unspecified atom stereocenters. The molecule has 0 N–H and O–H groups in total. The van der Waals surface area contributed by atoms with Crippen LogP contribution in [0.5, 0.6) is 0 Å². The number of nitrogens with zero attached hydrogens (tertiary/aromatic N) is 2. The lowest BCUT2D eigenvalue weighted by Gasteiger charge is -2.29. The molecule has 0 aliphatic heterocycles. The van der Waals surface area contributed by atoms with Gasteiger partial charge in [-0.1, -0.05) is 346 Å². The normalized spacial score (nSPS) is 11.6. The van der Waals surface area contributed by atoms with Gasteiger partial charge in [-0.05, 0) is 220 Å². The van der Waals surface area contributed by atoms with Gasteiger partial charge < -0.3 is 9.80 Å². The lowest BCUT2D eigenvalue weighted by Crippen LogP contribution is -2.11. The standard InChI is InChI=1S/C104H68N2/c1-2-36-79(37-3-1)105(101-52-20-34-75-28-8-14-42-89(75)101)80-58-54-69(55-59-80)70-56-60-81(61-57-70)106(102-53-21-35-76-29-9-15-43-90(76)102)82-67-77(87-62-64-99(93-46-18-32-73-26-6-12-40-85(73)93)103-95(87)48-22-50-97(103)91-44-16-30-71-24-4-10-38-83(71)91)66-78(68-82)88-63-65-100(94-47-19-33-74-27-7-13-41-86(74)94)104-96(88)49-23-51-98(104)92-45-17-31-72-25-5-11-39-84(72)92/h1-68H. The van der Waals surface area contributed by atoms with Crippen molar-refractivity contribution < 1.29 is 0 Å². The van der Waals surface area contributed by atoms with Crippen molar-refractivity contribution in [1.29, 1.82) is 0 Å². The SMILES string of the molecule is c1ccc(N(c2ccc(-c3ccc(N(c4cc(-c5ccc(-c6cccc7ccccc67)c6c(-c7cccc8ccccc78)cccc56)cc(-c5ccc(-c6cccc7ccccc67)c6c(-c7cccc8ccccc78)cccc56)c4)c4cccc5ccccc45)cc3)cc2)c2cccc3ccccc23)cc1. The van der Waals surface area contributed by atoms with E-state index in [1.54, 1.807) is 0 Å². The first-order valence-electron chi connectivity index (χ1n) is 36.6. The molecule has 0 radical (unpaired) electrons. The summed E-state index contributed by atoms with van der Waals surface area (Å²) in [6.07, 6.45) is 0. The maximum absolute atomic E-state index is 2.51. The number of hydrogen-bond acceptors (Lipinski definition) is 2. The number of fused-ring (bicyclic) bond motifs is 8. The molecular formula is C104H68N2. The highest BCUT2D eigenvalue weighted by molar-refractivity contribution is 6.20. The van der Waals surface area contributed by atoms with E-state index in [4.69, 9.17) is 0 Å². The van der Waals surface area contributed by atoms with Crippen LogP contribution in [0.2, 0.25) is 0 Å². The van der Waals surface area contributed by atoms with E-state index in [1.807, 2.05) is 0 Å². The number of para-hydroxylation sites is 1. The van der Waals surface area contributed by atoms with Crippen LogP contribution < -0.4 is 9.80 Å². The van der Waals surface area contributed by atoms with Gasteiger partial charge in [0.1, 0.15) is 0 Å². The molecule has 2 nitrogen and oxygen atoms in total. The minimum atomic E-state index is 1.03. The maximum Gasteiger partial charge on any atom is 0.0540 e. The first-order chi connectivity index (χ1) is 52.6. The van der Waals surface area contributed by atoms with Gasteiger partial charge in [-0.3, -0.25) is 0 Å². The summed E-state index contributed by atoms with van der Waals surface area (Å²) in [7, 11) is 0. The molecule has 0 saturated heterocycles. The Balaban J connectivity index is 0.832. The quantitative estimate of drug-likeness (QED) is 0.114. The van der Waals surface area contributed by atoms with Gasteiger partial charge in [0.25, 0.3) is 0 Å². The average molecular weight is 1350 g/mol. The fourth-order valence-corrected chi connectivity index (χ4v) is 17.0. The van der Waals surface area contributed by atoms with E-state index >= 15 is 0 Å². The molecule has 20 aromatic carbocycles. The molecule has 494 valence electrons. The maximum atomic E-state index is 2.51. The molecule has 0 aromatic heterocycles. The fourth-order valence-electron chi connectivity index (χ4n) is 17.0. The van der Waals surface area contributed by atoms with Crippen molar-refractivity contribution in [3.63, 3.8) is 0 Å². The van der Waals surface area contributed by atoms with Gasteiger partial charge in [-0.25, -0.2) is 0 Å². The zero-order valence-electron chi connectivity index (χ0n) is 58.2. The van der Waals surface area contributed by atoms with Crippen molar-refractivity contribution in [2.24, 2.45) is 0 Å². The predicted octanol–water partition coefficient (Wildman–Crippen LogP) is 29.5. The Bertz CT molecular complexity index is 6360. The first kappa shape index (κ1) is 61.9. The summed E-state index contributed by atoms with van der Waals surface area (Å²) in [6.45, 7) is 0. The van der Waals surface area contributed by atoms with E-state index in [2.05, 4.69) is 422 Å². The summed E-state index contributed by atoms with van der Waals surface area (Å²) in [4.78, 5) is 4.88. The van der Waals surface area contributed by atoms with Crippen molar-refractivity contribution in [1.82, 2.24) is 0 Å². The van der Waals surface area contributed by atoms with Crippen LogP contribution >= 0.6 is 0 Å². The molecule has 0 amide bonds. The number of anilines is 6. The summed E-state index contributed by atoms with van der Waals surface area (Å²) in [6, 6.07) is 153. The second-order valence-corrected chi connectivity index (χ2v) is 27.7. The largest absolute Gasteiger partial charge is 0.310 e. The zero-order valence-corrected chi connectivity index (χ0v) is 58.2. The highest BCUT2D eigenvalue weighted by Gasteiger charge is 2.25. The molecule has 0 fully saturated rings. The van der Waals surface area contributed by atoms with E-state index in [0.717, 1.165) is 78.3 Å². The second kappa shape index (κ2) is 26.2. The van der Waals surface area contributed by atoms with E-state index < -0.39 is 0 Å². The van der Waals surface area contributed by atoms with Crippen molar-refractivity contribution in [2.75, 3.05) is 9.80 Å². The van der Waals surface area contributed by atoms with Crippen LogP contribution in [0.4, 0.5) is 34.1 Å². The van der Waals surface area contributed by atoms with Crippen LogP contribution in [-0.2, 0) is 0 Å². The Labute approximate surface area is 616 Å². The number of benzene rings is 20. The highest BCUT2D eigenvalue weighted by atomic mass is 15.1. The average Bonchev–Trinajstić information content (AvgIpc) is 0.735. The fraction of sp³-hybridized carbons (Fsp3) is 0. The van der Waals surface area contributed by atoms with Gasteiger partial charge in [-0.2, -0.15) is 0 Å². The predicted molar refractivity (Wildman–Crippen MR) is 454 cm³/mol. The van der Waals surface area contributed by atoms with Gasteiger partial charge >= 0.3 is 0 Å². The van der Waals surface area contributed by atoms with Gasteiger partial charge in [0.15, 0.2) is 0 Å². The van der Waals surface area contributed by atoms with E-state index in [-0.39, 0.29) is 0 Å². The Kier molecular flexibility index (Phi) is 15.3. The summed E-state index contributed by atoms with van der Waals surface area (Å²) in [5.74, 6) is 0. The minimum Gasteiger partial charge on any atom is -0.310 e. The summed E-state index contributed by atoms with van der Waals surface area (Å²) >= 11 is 0. The summed E-state index contributed by atoms with van der Waals surface area (Å²) in [5, 5.41) is 19.2. The van der Waals surface area contributed by atoms with Crippen LogP contribution in [0, 0.1) is 0 Å². The first-order valence-corrected chi connectivity index (χ1v) is 36.6. The molecule has 0 aliphatic rings. The minimum absolute atomic E-state index is 1.03. The van der Waals surface area contributed by atoms with E-state index in [0.29, 0.717) is 0 Å². The van der Waals surface area contributed by atoms with E-state index in [9.17, 15) is 0 Å². The molecule has 20 rings (SSSR count). The van der Waals surface area contributed by atoms with Crippen LogP contribution in [-0.4, -0.2) is 0 Å². The van der Waals surface area contributed by atoms with Gasteiger partial charge in [0.05, 0.1) is 11.4 Å². The molecule has 0 atom stereocenters. The molecule has 0 spiro atoms. The lowest BCUT2D eigenvalue weighted by atomic mass is 9.83. The van der Waals surface area contributed by atoms with Crippen LogP contribution in [0.1, 0.15) is 0 Å². The van der Waals surface area contributed by atoms with Crippen LogP contribution in [0.3, 0.4) is 0 Å². The summed E-state index contributed by atoms with van der Waals surface area (Å²) < 4.78 is 0. The third-order valence-corrected chi connectivity index (χ3v) is 21.8. The second-order valence-electron chi connectivity index (χ2n) is 27.7. The lowest BCUT2D eigenvalue weighted by molar-refractivity contribution is 1.29. The zero-order chi connectivity index (χ0) is 70.0. The number of hydrogen-bond donors (Lipinski definition) is 0. The van der Waals surface area contributed by atoms with Crippen molar-refractivity contribution in [2.45, 2.75) is 0 Å². The smallest absolute Gasteiger partial charge is 0.0540 e. The molecule has 0 bridgehead atoms. The molecule has 20 aromatic rings. The van der Waals surface area contributed by atoms with Gasteiger partial charge in [0.2, 0.25) is 0 Å². The summed E-state index contributed by atoms with van der Waals surface area (Å²) in [5.41, 5.74) is 22.8. The van der Waals surface area contributed by atoms with Crippen LogP contribution in [0.25, 0.3) is 164 Å². The molecule has 0 heterocycles. The molecule has 0 saturated carbocycles. The third-order valence-electron chi connectivity index (χ3n) is 21.8. The Hall–Kier alpha value is -13.9. The van der Waals surface area contributed by atoms with Crippen LogP contribution in [0.15, 0.2) is 413 Å². The Morgan fingerprint density at radius 1 is 0.132 bits per heavy atom. The van der Waals surface area contributed by atoms with Crippen molar-refractivity contribution in [3.8, 4) is 77.9 Å². The van der Waals surface area contributed by atoms with Gasteiger partial charge in [0, 0.05) is 33.5 Å². The molecule has 0 aliphatic carbocycles. The van der Waals surface area contributed by atoms with Crippen molar-refractivity contribution >= 4 is 120 Å². The molecular weight excluding hydrogens is 1280 g/mol. The highest BCUT2D eigenvalue weighted by Crippen LogP contribution is 2.51. The monoisotopic (exact) mass is 1340 g/mol. The van der Waals surface area contributed by atoms with Crippen molar-refractivity contribution in [3.05, 3.63) is 413 Å². The molecule has 106 heavy (non-hydrogen) atoms. The Morgan fingerprint density at radius 2 is 0.387 bits per heavy atom. The van der Waals surface area contributed by atoms with E-state index in [1.165, 1.54) is 120 Å². The molecule has 2 heteroatoms. The Morgan fingerprint density at radius 3 is 0.764 bits per heavy atom. The topological polar surface area (TPSA) is 6.48 Å². The third kappa shape index (κ3) is 10.7. The number of rotatable bonds is 13.